The molecule has 18 heavy (non-hydrogen) atoms. The number of nitriles is 1. The van der Waals surface area contributed by atoms with Crippen LogP contribution in [0.5, 0.6) is 0 Å². The van der Waals surface area contributed by atoms with E-state index in [0.29, 0.717) is 12.3 Å². The topological polar surface area (TPSA) is 52.2 Å². The van der Waals surface area contributed by atoms with Crippen LogP contribution in [-0.2, 0) is 6.54 Å². The van der Waals surface area contributed by atoms with Crippen molar-refractivity contribution >= 4 is 11.4 Å². The molecule has 2 rings (SSSR count). The van der Waals surface area contributed by atoms with Gasteiger partial charge in [-0.1, -0.05) is 12.1 Å². The molecule has 1 aromatic carbocycles. The van der Waals surface area contributed by atoms with E-state index < -0.39 is 0 Å². The maximum Gasteiger partial charge on any atom is 0.203 e. The first kappa shape index (κ1) is 12.1. The molecule has 0 amide bonds. The molecule has 0 aliphatic heterocycles. The van der Waals surface area contributed by atoms with Gasteiger partial charge in [-0.15, -0.1) is 0 Å². The lowest BCUT2D eigenvalue weighted by molar-refractivity contribution is 0.506. The number of anilines is 2. The SMILES string of the molecule is CN(C)c1ccccc1NCc1ccc(C#N)o1. The maximum absolute atomic E-state index is 8.68. The minimum absolute atomic E-state index is 0.340. The summed E-state index contributed by atoms with van der Waals surface area (Å²) in [6.45, 7) is 0.562. The van der Waals surface area contributed by atoms with Gasteiger partial charge in [0.15, 0.2) is 0 Å². The lowest BCUT2D eigenvalue weighted by Gasteiger charge is -2.17. The number of hydrogen-bond donors (Lipinski definition) is 1. The summed E-state index contributed by atoms with van der Waals surface area (Å²) in [5, 5.41) is 12.0. The second kappa shape index (κ2) is 5.28. The Morgan fingerprint density at radius 3 is 2.67 bits per heavy atom. The predicted octanol–water partition coefficient (Wildman–Crippen LogP) is 2.83. The van der Waals surface area contributed by atoms with Crippen molar-refractivity contribution in [1.82, 2.24) is 0 Å². The van der Waals surface area contributed by atoms with E-state index in [0.717, 1.165) is 17.1 Å². The first-order chi connectivity index (χ1) is 8.70. The van der Waals surface area contributed by atoms with Crippen LogP contribution in [0.2, 0.25) is 0 Å². The van der Waals surface area contributed by atoms with Crippen LogP contribution < -0.4 is 10.2 Å². The van der Waals surface area contributed by atoms with Gasteiger partial charge in [0.1, 0.15) is 11.8 Å². The number of nitrogens with zero attached hydrogens (tertiary/aromatic N) is 2. The summed E-state index contributed by atoms with van der Waals surface area (Å²) in [5.41, 5.74) is 2.15. The van der Waals surface area contributed by atoms with Crippen LogP contribution in [0.3, 0.4) is 0 Å². The van der Waals surface area contributed by atoms with Gasteiger partial charge in [-0.05, 0) is 24.3 Å². The quantitative estimate of drug-likeness (QED) is 0.894. The first-order valence-electron chi connectivity index (χ1n) is 5.70. The molecule has 0 radical (unpaired) electrons. The molecule has 2 aromatic rings. The Bertz CT molecular complexity index is 566. The zero-order valence-corrected chi connectivity index (χ0v) is 10.5. The van der Waals surface area contributed by atoms with Gasteiger partial charge < -0.3 is 14.6 Å². The van der Waals surface area contributed by atoms with Crippen LogP contribution in [-0.4, -0.2) is 14.1 Å². The highest BCUT2D eigenvalue weighted by molar-refractivity contribution is 5.69. The van der Waals surface area contributed by atoms with Crippen LogP contribution in [0.15, 0.2) is 40.8 Å². The third-order valence-electron chi connectivity index (χ3n) is 2.61. The molecule has 1 heterocycles. The highest BCUT2D eigenvalue weighted by Crippen LogP contribution is 2.24. The number of benzene rings is 1. The van der Waals surface area contributed by atoms with Gasteiger partial charge in [-0.25, -0.2) is 0 Å². The third-order valence-corrected chi connectivity index (χ3v) is 2.61. The van der Waals surface area contributed by atoms with Gasteiger partial charge in [0.05, 0.1) is 17.9 Å². The molecule has 0 fully saturated rings. The molecular formula is C14H15N3O. The van der Waals surface area contributed by atoms with Crippen molar-refractivity contribution in [3.63, 3.8) is 0 Å². The van der Waals surface area contributed by atoms with E-state index in [1.807, 2.05) is 55.4 Å². The first-order valence-corrected chi connectivity index (χ1v) is 5.70. The fraction of sp³-hybridized carbons (Fsp3) is 0.214. The van der Waals surface area contributed by atoms with Crippen molar-refractivity contribution < 1.29 is 4.42 Å². The summed E-state index contributed by atoms with van der Waals surface area (Å²) in [6, 6.07) is 13.5. The van der Waals surface area contributed by atoms with Crippen molar-refractivity contribution in [3.05, 3.63) is 47.9 Å². The van der Waals surface area contributed by atoms with Crippen molar-refractivity contribution in [3.8, 4) is 6.07 Å². The molecule has 4 heteroatoms. The lowest BCUT2D eigenvalue weighted by atomic mass is 10.2. The van der Waals surface area contributed by atoms with Gasteiger partial charge in [0, 0.05) is 14.1 Å². The minimum Gasteiger partial charge on any atom is -0.449 e. The number of para-hydroxylation sites is 2. The Morgan fingerprint density at radius 2 is 2.00 bits per heavy atom. The number of hydrogen-bond acceptors (Lipinski definition) is 4. The van der Waals surface area contributed by atoms with Crippen LogP contribution >= 0.6 is 0 Å². The van der Waals surface area contributed by atoms with Crippen LogP contribution in [0, 0.1) is 11.3 Å². The Balaban J connectivity index is 2.08. The lowest BCUT2D eigenvalue weighted by Crippen LogP contribution is -2.11. The Hall–Kier alpha value is -2.41. The zero-order valence-electron chi connectivity index (χ0n) is 10.5. The summed E-state index contributed by atoms with van der Waals surface area (Å²) in [6.07, 6.45) is 0. The van der Waals surface area contributed by atoms with E-state index in [4.69, 9.17) is 9.68 Å². The Kier molecular flexibility index (Phi) is 3.54. The smallest absolute Gasteiger partial charge is 0.203 e. The fourth-order valence-electron chi connectivity index (χ4n) is 1.73. The summed E-state index contributed by atoms with van der Waals surface area (Å²) < 4.78 is 5.32. The average molecular weight is 241 g/mol. The molecule has 0 aliphatic carbocycles. The van der Waals surface area contributed by atoms with Gasteiger partial charge in [0.25, 0.3) is 0 Å². The van der Waals surface area contributed by atoms with E-state index in [2.05, 4.69) is 5.32 Å². The normalized spacial score (nSPS) is 9.83. The molecule has 0 atom stereocenters. The second-order valence-electron chi connectivity index (χ2n) is 4.14. The molecule has 0 aliphatic rings. The summed E-state index contributed by atoms with van der Waals surface area (Å²) in [5.74, 6) is 1.09. The highest BCUT2D eigenvalue weighted by Gasteiger charge is 2.05. The third kappa shape index (κ3) is 2.64. The Morgan fingerprint density at radius 1 is 1.22 bits per heavy atom. The summed E-state index contributed by atoms with van der Waals surface area (Å²) in [4.78, 5) is 2.05. The highest BCUT2D eigenvalue weighted by atomic mass is 16.3. The minimum atomic E-state index is 0.340. The molecule has 0 saturated carbocycles. The maximum atomic E-state index is 8.68. The molecule has 92 valence electrons. The molecule has 0 bridgehead atoms. The average Bonchev–Trinajstić information content (AvgIpc) is 2.84. The van der Waals surface area contributed by atoms with Crippen molar-refractivity contribution in [1.29, 1.82) is 5.26 Å². The van der Waals surface area contributed by atoms with E-state index in [-0.39, 0.29) is 0 Å². The number of nitrogens with one attached hydrogen (secondary N) is 1. The molecule has 0 spiro atoms. The zero-order chi connectivity index (χ0) is 13.0. The molecule has 0 unspecified atom stereocenters. The predicted molar refractivity (Wildman–Crippen MR) is 71.5 cm³/mol. The summed E-state index contributed by atoms with van der Waals surface area (Å²) >= 11 is 0. The van der Waals surface area contributed by atoms with E-state index in [1.165, 1.54) is 0 Å². The standard InChI is InChI=1S/C14H15N3O/c1-17(2)14-6-4-3-5-13(14)16-10-12-8-7-11(9-15)18-12/h3-8,16H,10H2,1-2H3. The van der Waals surface area contributed by atoms with Crippen molar-refractivity contribution in [2.45, 2.75) is 6.54 Å². The van der Waals surface area contributed by atoms with Gasteiger partial charge in [-0.3, -0.25) is 0 Å². The molecule has 0 saturated heterocycles. The molecule has 1 N–H and O–H groups in total. The molecule has 1 aromatic heterocycles. The number of furan rings is 1. The van der Waals surface area contributed by atoms with Crippen molar-refractivity contribution in [2.24, 2.45) is 0 Å². The van der Waals surface area contributed by atoms with Crippen molar-refractivity contribution in [2.75, 3.05) is 24.3 Å². The van der Waals surface area contributed by atoms with Crippen LogP contribution in [0.25, 0.3) is 0 Å². The van der Waals surface area contributed by atoms with Crippen LogP contribution in [0.1, 0.15) is 11.5 Å². The van der Waals surface area contributed by atoms with E-state index >= 15 is 0 Å². The van der Waals surface area contributed by atoms with Gasteiger partial charge >= 0.3 is 0 Å². The Labute approximate surface area is 106 Å². The monoisotopic (exact) mass is 241 g/mol. The fourth-order valence-corrected chi connectivity index (χ4v) is 1.73. The largest absolute Gasteiger partial charge is 0.449 e. The number of rotatable bonds is 4. The van der Waals surface area contributed by atoms with Crippen LogP contribution in [0.4, 0.5) is 11.4 Å². The molecule has 4 nitrogen and oxygen atoms in total. The van der Waals surface area contributed by atoms with E-state index in [9.17, 15) is 0 Å². The second-order valence-corrected chi connectivity index (χ2v) is 4.14. The van der Waals surface area contributed by atoms with E-state index in [1.54, 1.807) is 6.07 Å². The van der Waals surface area contributed by atoms with Gasteiger partial charge in [-0.2, -0.15) is 5.26 Å². The summed E-state index contributed by atoms with van der Waals surface area (Å²) in [7, 11) is 4.00. The van der Waals surface area contributed by atoms with Gasteiger partial charge in [0.2, 0.25) is 5.76 Å². The molecular weight excluding hydrogens is 226 g/mol.